The second-order valence-electron chi connectivity index (χ2n) is 6.65. The minimum Gasteiger partial charge on any atom is -0.326 e. The molecule has 2 aliphatic rings. The van der Waals surface area contributed by atoms with Crippen LogP contribution in [0, 0.1) is 5.92 Å². The van der Waals surface area contributed by atoms with Crippen molar-refractivity contribution in [1.82, 2.24) is 4.31 Å². The summed E-state index contributed by atoms with van der Waals surface area (Å²) in [5.41, 5.74) is 1.40. The van der Waals surface area contributed by atoms with Crippen LogP contribution in [0.15, 0.2) is 24.3 Å². The number of carbonyl (C=O) groups excluding carboxylic acids is 2. The van der Waals surface area contributed by atoms with E-state index in [1.807, 2.05) is 6.07 Å². The van der Waals surface area contributed by atoms with E-state index < -0.39 is 10.0 Å². The SMILES string of the molecule is CS(=O)(=O)N1CCC[C@@H](C(=O)Nc2cccc(N3CCCC3=O)c2)C1. The second-order valence-corrected chi connectivity index (χ2v) is 8.63. The first kappa shape index (κ1) is 17.9. The van der Waals surface area contributed by atoms with Gasteiger partial charge in [-0.05, 0) is 37.5 Å². The molecule has 2 heterocycles. The Morgan fingerprint density at radius 3 is 2.72 bits per heavy atom. The van der Waals surface area contributed by atoms with Crippen molar-refractivity contribution in [2.45, 2.75) is 25.7 Å². The molecular formula is C17H23N3O4S. The fourth-order valence-electron chi connectivity index (χ4n) is 3.37. The van der Waals surface area contributed by atoms with E-state index in [2.05, 4.69) is 5.32 Å². The highest BCUT2D eigenvalue weighted by molar-refractivity contribution is 7.88. The normalized spacial score (nSPS) is 22.2. The topological polar surface area (TPSA) is 86.8 Å². The first-order valence-corrected chi connectivity index (χ1v) is 10.4. The molecule has 1 atom stereocenters. The number of nitrogens with one attached hydrogen (secondary N) is 1. The summed E-state index contributed by atoms with van der Waals surface area (Å²) in [4.78, 5) is 26.1. The Bertz CT molecular complexity index is 778. The molecule has 2 saturated heterocycles. The summed E-state index contributed by atoms with van der Waals surface area (Å²) >= 11 is 0. The van der Waals surface area contributed by atoms with Crippen molar-refractivity contribution in [3.8, 4) is 0 Å². The molecule has 1 aromatic rings. The van der Waals surface area contributed by atoms with Crippen LogP contribution in [-0.4, -0.2) is 50.4 Å². The van der Waals surface area contributed by atoms with E-state index in [4.69, 9.17) is 0 Å². The zero-order chi connectivity index (χ0) is 18.0. The third-order valence-corrected chi connectivity index (χ3v) is 5.99. The van der Waals surface area contributed by atoms with Gasteiger partial charge < -0.3 is 10.2 Å². The predicted molar refractivity (Wildman–Crippen MR) is 95.8 cm³/mol. The van der Waals surface area contributed by atoms with Crippen molar-refractivity contribution in [1.29, 1.82) is 0 Å². The number of nitrogens with zero attached hydrogens (tertiary/aromatic N) is 2. The van der Waals surface area contributed by atoms with Gasteiger partial charge in [0.05, 0.1) is 12.2 Å². The summed E-state index contributed by atoms with van der Waals surface area (Å²) in [6, 6.07) is 7.22. The molecule has 0 bridgehead atoms. The molecule has 8 heteroatoms. The van der Waals surface area contributed by atoms with Gasteiger partial charge in [0.25, 0.3) is 0 Å². The Morgan fingerprint density at radius 1 is 1.24 bits per heavy atom. The average Bonchev–Trinajstić information content (AvgIpc) is 3.00. The summed E-state index contributed by atoms with van der Waals surface area (Å²) in [7, 11) is -3.28. The van der Waals surface area contributed by atoms with Crippen LogP contribution in [0.5, 0.6) is 0 Å². The number of sulfonamides is 1. The number of amides is 2. The van der Waals surface area contributed by atoms with Crippen LogP contribution in [0.1, 0.15) is 25.7 Å². The Morgan fingerprint density at radius 2 is 2.04 bits per heavy atom. The fourth-order valence-corrected chi connectivity index (χ4v) is 4.29. The fraction of sp³-hybridized carbons (Fsp3) is 0.529. The first-order valence-electron chi connectivity index (χ1n) is 8.51. The lowest BCUT2D eigenvalue weighted by Crippen LogP contribution is -2.43. The highest BCUT2D eigenvalue weighted by atomic mass is 32.2. The van der Waals surface area contributed by atoms with Gasteiger partial charge in [-0.25, -0.2) is 12.7 Å². The molecule has 0 spiro atoms. The van der Waals surface area contributed by atoms with Crippen molar-refractivity contribution >= 4 is 33.2 Å². The van der Waals surface area contributed by atoms with Gasteiger partial charge >= 0.3 is 0 Å². The Labute approximate surface area is 148 Å². The zero-order valence-electron chi connectivity index (χ0n) is 14.3. The Balaban J connectivity index is 1.68. The molecule has 0 aromatic heterocycles. The molecule has 1 N–H and O–H groups in total. The summed E-state index contributed by atoms with van der Waals surface area (Å²) < 4.78 is 24.7. The van der Waals surface area contributed by atoms with E-state index in [1.54, 1.807) is 23.1 Å². The van der Waals surface area contributed by atoms with E-state index in [9.17, 15) is 18.0 Å². The molecule has 2 amide bonds. The van der Waals surface area contributed by atoms with Gasteiger partial charge in [0.1, 0.15) is 0 Å². The molecule has 0 aliphatic carbocycles. The van der Waals surface area contributed by atoms with E-state index >= 15 is 0 Å². The molecule has 136 valence electrons. The van der Waals surface area contributed by atoms with E-state index in [0.29, 0.717) is 38.0 Å². The number of hydrogen-bond donors (Lipinski definition) is 1. The number of anilines is 2. The van der Waals surface area contributed by atoms with Gasteiger partial charge in [-0.15, -0.1) is 0 Å². The lowest BCUT2D eigenvalue weighted by atomic mass is 9.98. The molecule has 2 aliphatic heterocycles. The molecule has 25 heavy (non-hydrogen) atoms. The maximum Gasteiger partial charge on any atom is 0.228 e. The molecule has 0 unspecified atom stereocenters. The lowest BCUT2D eigenvalue weighted by Gasteiger charge is -2.30. The van der Waals surface area contributed by atoms with Crippen LogP contribution in [0.25, 0.3) is 0 Å². The summed E-state index contributed by atoms with van der Waals surface area (Å²) in [5, 5.41) is 2.86. The summed E-state index contributed by atoms with van der Waals surface area (Å²) in [5.74, 6) is -0.446. The van der Waals surface area contributed by atoms with Crippen LogP contribution in [0.2, 0.25) is 0 Å². The van der Waals surface area contributed by atoms with Crippen LogP contribution in [0.4, 0.5) is 11.4 Å². The number of benzene rings is 1. The number of carbonyl (C=O) groups is 2. The highest BCUT2D eigenvalue weighted by Crippen LogP contribution is 2.25. The zero-order valence-corrected chi connectivity index (χ0v) is 15.1. The largest absolute Gasteiger partial charge is 0.326 e. The molecule has 3 rings (SSSR count). The van der Waals surface area contributed by atoms with E-state index in [-0.39, 0.29) is 24.3 Å². The molecule has 1 aromatic carbocycles. The van der Waals surface area contributed by atoms with Crippen molar-refractivity contribution in [2.24, 2.45) is 5.92 Å². The maximum absolute atomic E-state index is 12.5. The lowest BCUT2D eigenvalue weighted by molar-refractivity contribution is -0.121. The average molecular weight is 365 g/mol. The molecule has 0 radical (unpaired) electrons. The van der Waals surface area contributed by atoms with Crippen molar-refractivity contribution in [2.75, 3.05) is 36.1 Å². The quantitative estimate of drug-likeness (QED) is 0.874. The minimum atomic E-state index is -3.28. The first-order chi connectivity index (χ1) is 11.8. The smallest absolute Gasteiger partial charge is 0.228 e. The van der Waals surface area contributed by atoms with Gasteiger partial charge in [-0.3, -0.25) is 9.59 Å². The minimum absolute atomic E-state index is 0.0968. The van der Waals surface area contributed by atoms with Gasteiger partial charge in [0, 0.05) is 37.4 Å². The predicted octanol–water partition coefficient (Wildman–Crippen LogP) is 1.42. The Kier molecular flexibility index (Phi) is 5.10. The number of piperidine rings is 1. The van der Waals surface area contributed by atoms with Gasteiger partial charge in [0.15, 0.2) is 0 Å². The van der Waals surface area contributed by atoms with Gasteiger partial charge in [-0.1, -0.05) is 6.07 Å². The molecular weight excluding hydrogens is 342 g/mol. The van der Waals surface area contributed by atoms with Crippen molar-refractivity contribution < 1.29 is 18.0 Å². The van der Waals surface area contributed by atoms with Crippen LogP contribution in [-0.2, 0) is 19.6 Å². The third-order valence-electron chi connectivity index (χ3n) is 4.72. The summed E-state index contributed by atoms with van der Waals surface area (Å²) in [6.45, 7) is 1.38. The van der Waals surface area contributed by atoms with Gasteiger partial charge in [-0.2, -0.15) is 0 Å². The highest BCUT2D eigenvalue weighted by Gasteiger charge is 2.30. The number of rotatable bonds is 4. The maximum atomic E-state index is 12.5. The van der Waals surface area contributed by atoms with Crippen molar-refractivity contribution in [3.63, 3.8) is 0 Å². The van der Waals surface area contributed by atoms with Gasteiger partial charge in [0.2, 0.25) is 21.8 Å². The Hall–Kier alpha value is -1.93. The monoisotopic (exact) mass is 365 g/mol. The third kappa shape index (κ3) is 4.19. The van der Waals surface area contributed by atoms with Crippen molar-refractivity contribution in [3.05, 3.63) is 24.3 Å². The second kappa shape index (κ2) is 7.13. The molecule has 7 nitrogen and oxygen atoms in total. The van der Waals surface area contributed by atoms with Crippen LogP contribution >= 0.6 is 0 Å². The molecule has 2 fully saturated rings. The molecule has 0 saturated carbocycles. The van der Waals surface area contributed by atoms with E-state index in [0.717, 1.165) is 12.1 Å². The van der Waals surface area contributed by atoms with Crippen LogP contribution < -0.4 is 10.2 Å². The standard InChI is InChI=1S/C17H23N3O4S/c1-25(23,24)19-9-3-5-13(12-19)17(22)18-14-6-2-7-15(11-14)20-10-4-8-16(20)21/h2,6-7,11,13H,3-5,8-10,12H2,1H3,(H,18,22)/t13-/m1/s1. The van der Waals surface area contributed by atoms with E-state index in [1.165, 1.54) is 10.6 Å². The van der Waals surface area contributed by atoms with Crippen LogP contribution in [0.3, 0.4) is 0 Å². The number of hydrogen-bond acceptors (Lipinski definition) is 4. The summed E-state index contributed by atoms with van der Waals surface area (Å²) in [6.07, 6.45) is 3.91.